The van der Waals surface area contributed by atoms with Crippen LogP contribution < -0.4 is 0 Å². The smallest absolute Gasteiger partial charge is 0.371 e. The van der Waals surface area contributed by atoms with Crippen molar-refractivity contribution in [3.05, 3.63) is 37.0 Å². The van der Waals surface area contributed by atoms with Gasteiger partial charge in [-0.05, 0) is 21.9 Å². The van der Waals surface area contributed by atoms with Gasteiger partial charge in [0.2, 0.25) is 37.8 Å². The molecule has 4 atom stereocenters. The average Bonchev–Trinajstić information content (AvgIpc) is 3.10. The number of aldehydes is 1. The zero-order valence-corrected chi connectivity index (χ0v) is 31.2. The first-order valence-corrected chi connectivity index (χ1v) is 16.7. The highest BCUT2D eigenvalue weighted by Gasteiger charge is 2.58. The van der Waals surface area contributed by atoms with Crippen molar-refractivity contribution in [1.82, 2.24) is 0 Å². The quantitative estimate of drug-likeness (QED) is 0.0295. The molecule has 2 rings (SSSR count). The summed E-state index contributed by atoms with van der Waals surface area (Å²) in [5.41, 5.74) is -1.27. The summed E-state index contributed by atoms with van der Waals surface area (Å²) in [6.45, 7) is 15.0. The summed E-state index contributed by atoms with van der Waals surface area (Å²) in [6, 6.07) is 0. The van der Waals surface area contributed by atoms with E-state index in [-0.39, 0.29) is 49.5 Å². The fourth-order valence-corrected chi connectivity index (χ4v) is 5.88. The summed E-state index contributed by atoms with van der Waals surface area (Å²) < 4.78 is 56.2. The number of methoxy groups -OCH3 is 4. The Bertz CT molecular complexity index is 1210. The Balaban J connectivity index is 0.000000859. The van der Waals surface area contributed by atoms with Crippen molar-refractivity contribution < 1.29 is 60.8 Å². The Labute approximate surface area is 303 Å². The van der Waals surface area contributed by atoms with E-state index < -0.39 is 40.1 Å². The molecular weight excluding hydrogens is 678 g/mol. The molecule has 49 heavy (non-hydrogen) atoms. The van der Waals surface area contributed by atoms with Crippen molar-refractivity contribution in [2.75, 3.05) is 41.7 Å². The van der Waals surface area contributed by atoms with Gasteiger partial charge in [0, 0.05) is 38.7 Å². The molecule has 17 heteroatoms. The molecule has 274 valence electrons. The number of Topliss-reactive ketones (excluding diaryl/α,β-unsaturated/α-hetero) is 2. The van der Waals surface area contributed by atoms with Crippen molar-refractivity contribution in [3.8, 4) is 0 Å². The molecular formula is C32H50B2O13S2. The van der Waals surface area contributed by atoms with Crippen LogP contribution in [-0.2, 0) is 60.8 Å². The number of carbonyl (C=O) groups excluding carboxylic acids is 5. The third kappa shape index (κ3) is 12.8. The Morgan fingerprint density at radius 2 is 1.39 bits per heavy atom. The molecule has 2 aliphatic rings. The van der Waals surface area contributed by atoms with Gasteiger partial charge in [-0.25, -0.2) is 9.59 Å². The number of hydrogen-bond donors (Lipinski definition) is 0. The van der Waals surface area contributed by atoms with Crippen LogP contribution in [-0.4, -0.2) is 112 Å². The lowest BCUT2D eigenvalue weighted by molar-refractivity contribution is -0.294. The van der Waals surface area contributed by atoms with Crippen LogP contribution in [0.2, 0.25) is 0 Å². The van der Waals surface area contributed by atoms with Crippen molar-refractivity contribution in [1.29, 1.82) is 2.67 Å². The first-order chi connectivity index (χ1) is 24.0. The summed E-state index contributed by atoms with van der Waals surface area (Å²) in [6.07, 6.45) is 6.86. The van der Waals surface area contributed by atoms with E-state index in [0.29, 0.717) is 25.7 Å². The van der Waals surface area contributed by atoms with Crippen LogP contribution in [0.25, 0.3) is 0 Å². The highest BCUT2D eigenvalue weighted by atomic mass is 32.2. The molecule has 2 radical (unpaired) electrons. The molecule has 0 amide bonds. The minimum atomic E-state index is -1.62. The van der Waals surface area contributed by atoms with E-state index in [9.17, 15) is 24.0 Å². The molecule has 2 aliphatic heterocycles. The van der Waals surface area contributed by atoms with Crippen LogP contribution in [0.4, 0.5) is 0 Å². The fraction of sp³-hybridized carbons (Fsp3) is 0.656. The number of esters is 2. The summed E-state index contributed by atoms with van der Waals surface area (Å²) in [7, 11) is 7.41. The number of carbonyl (C=O) groups is 5. The molecule has 2 heterocycles. The zero-order chi connectivity index (χ0) is 39.3. The third-order valence-electron chi connectivity index (χ3n) is 7.75. The van der Waals surface area contributed by atoms with Gasteiger partial charge in [-0.3, -0.25) is 14.4 Å². The van der Waals surface area contributed by atoms with E-state index in [1.807, 2.05) is 13.8 Å². The molecule has 0 aromatic carbocycles. The molecule has 0 N–H and O–H groups in total. The Morgan fingerprint density at radius 1 is 0.898 bits per heavy atom. The minimum Gasteiger partial charge on any atom is -0.466 e. The lowest BCUT2D eigenvalue weighted by Gasteiger charge is -2.48. The number of ether oxygens (including phenoxy) is 6. The monoisotopic (exact) mass is 732 g/mol. The van der Waals surface area contributed by atoms with Crippen LogP contribution in [0.1, 0.15) is 59.8 Å². The molecule has 0 aliphatic carbocycles. The first-order valence-electron chi connectivity index (χ1n) is 16.2. The predicted octanol–water partition coefficient (Wildman–Crippen LogP) is 3.39. The second-order valence-electron chi connectivity index (χ2n) is 12.0. The van der Waals surface area contributed by atoms with Crippen LogP contribution >= 0.6 is 23.8 Å². The Hall–Kier alpha value is -2.24. The molecule has 0 bridgehead atoms. The third-order valence-corrected chi connectivity index (χ3v) is 8.25. The van der Waals surface area contributed by atoms with E-state index >= 15 is 0 Å². The molecule has 13 nitrogen and oxygen atoms in total. The number of ketones is 2. The number of rotatable bonds is 18. The van der Waals surface area contributed by atoms with Crippen molar-refractivity contribution in [2.24, 2.45) is 10.8 Å². The van der Waals surface area contributed by atoms with Gasteiger partial charge in [-0.2, -0.15) is 0 Å². The van der Waals surface area contributed by atoms with Crippen molar-refractivity contribution in [3.63, 3.8) is 0 Å². The van der Waals surface area contributed by atoms with Gasteiger partial charge in [0.05, 0.1) is 50.5 Å². The maximum absolute atomic E-state index is 13.1. The molecule has 2 saturated heterocycles. The summed E-state index contributed by atoms with van der Waals surface area (Å²) >= 11 is 1.77. The zero-order valence-electron chi connectivity index (χ0n) is 31.6. The van der Waals surface area contributed by atoms with Gasteiger partial charge >= 0.3 is 11.9 Å². The molecule has 0 aromatic rings. The van der Waals surface area contributed by atoms with Gasteiger partial charge in [0.15, 0.2) is 5.78 Å². The molecule has 0 aromatic heterocycles. The van der Waals surface area contributed by atoms with Crippen molar-refractivity contribution >= 4 is 67.8 Å². The highest BCUT2D eigenvalue weighted by molar-refractivity contribution is 8.16. The van der Waals surface area contributed by atoms with Gasteiger partial charge in [0.25, 0.3) is 0 Å². The van der Waals surface area contributed by atoms with Crippen LogP contribution in [0.5, 0.6) is 0 Å². The maximum Gasteiger partial charge on any atom is 0.371 e. The van der Waals surface area contributed by atoms with E-state index in [0.717, 1.165) is 45.1 Å². The van der Waals surface area contributed by atoms with Crippen LogP contribution in [0.15, 0.2) is 37.0 Å². The standard InChI is InChI=1S/C16H24BO6S.C13H22BO4S.C3H4O3/c1-6-7-12-8-11(9-13(18)20-4)14(19)16(21-5,23-12)15(2,3)10-22-24-17;1-5-6-10-7-8-11(15)13(16-4,18-10)12(2,3)9-17-19-14;1-6-3(5)2-4/h6,9,12,17H,1,7-8,10H2,2-5H3;5,10,14H,1,6-9H2,2-4H3;2H,1H3/b11-9+;;/t12-,16-;10-,13-;/m11./s1/i17T;14T;. The first kappa shape index (κ1) is 42.9. The largest absolute Gasteiger partial charge is 0.466 e. The van der Waals surface area contributed by atoms with Crippen LogP contribution in [0.3, 0.4) is 0 Å². The van der Waals surface area contributed by atoms with E-state index in [4.69, 9.17) is 30.0 Å². The summed E-state index contributed by atoms with van der Waals surface area (Å²) in [5, 5.41) is 0. The highest BCUT2D eigenvalue weighted by Crippen LogP contribution is 2.45. The molecule has 0 spiro atoms. The number of hydrogen-bond acceptors (Lipinski definition) is 15. The van der Waals surface area contributed by atoms with Gasteiger partial charge in [-0.15, -0.1) is 13.2 Å². The summed E-state index contributed by atoms with van der Waals surface area (Å²) in [4.78, 5) is 56.0. The second-order valence-corrected chi connectivity index (χ2v) is 12.8. The summed E-state index contributed by atoms with van der Waals surface area (Å²) in [5.74, 6) is -4.87. The molecule has 0 saturated carbocycles. The van der Waals surface area contributed by atoms with Crippen LogP contribution in [0, 0.1) is 10.8 Å². The lowest BCUT2D eigenvalue weighted by Crippen LogP contribution is -2.61. The van der Waals surface area contributed by atoms with Gasteiger partial charge < -0.3 is 36.8 Å². The van der Waals surface area contributed by atoms with Gasteiger partial charge in [-0.1, -0.05) is 63.6 Å². The SMILES string of the molecule is COC(=O)C=O.[3H][B]SOCC(C)(C)[C@]1(OC)O[C@H](CC=C)C/C(=C\C(=O)OC)C1=O.[3H][B]SOCC(C)(C)[C@]1(OC)O[C@H](CC=C)CCC1=O. The normalized spacial score (nSPS) is 25.2. The molecule has 0 unspecified atom stereocenters. The topological polar surface area (TPSA) is 159 Å². The second kappa shape index (κ2) is 22.6. The fourth-order valence-electron chi connectivity index (χ4n) is 5.15. The average molecular weight is 733 g/mol. The van der Waals surface area contributed by atoms with E-state index in [2.05, 4.69) is 22.6 Å². The maximum atomic E-state index is 13.1. The predicted molar refractivity (Wildman–Crippen MR) is 190 cm³/mol. The Kier molecular flexibility index (Phi) is 19.8. The van der Waals surface area contributed by atoms with E-state index in [1.165, 1.54) is 27.4 Å². The van der Waals surface area contributed by atoms with E-state index in [1.54, 1.807) is 26.0 Å². The van der Waals surface area contributed by atoms with Crippen molar-refractivity contribution in [2.45, 2.75) is 83.6 Å². The lowest BCUT2D eigenvalue weighted by atomic mass is 9.76. The Morgan fingerprint density at radius 3 is 1.82 bits per heavy atom. The molecule has 2 fully saturated rings. The minimum absolute atomic E-state index is 0.0613. The van der Waals surface area contributed by atoms with Gasteiger partial charge in [0.1, 0.15) is 0 Å².